The number of hydrogen-bond acceptors (Lipinski definition) is 4. The van der Waals surface area contributed by atoms with Crippen molar-refractivity contribution in [3.63, 3.8) is 0 Å². The van der Waals surface area contributed by atoms with Crippen LogP contribution in [0.4, 0.5) is 5.00 Å². The molecule has 0 unspecified atom stereocenters. The van der Waals surface area contributed by atoms with Crippen LogP contribution in [-0.2, 0) is 4.79 Å². The molecule has 18 heavy (non-hydrogen) atoms. The summed E-state index contributed by atoms with van der Waals surface area (Å²) >= 11 is 1.48. The Morgan fingerprint density at radius 1 is 1.50 bits per heavy atom. The first-order valence-corrected chi connectivity index (χ1v) is 6.99. The van der Waals surface area contributed by atoms with Gasteiger partial charge in [0.05, 0.1) is 11.6 Å². The maximum Gasteiger partial charge on any atom is 0.242 e. The zero-order valence-corrected chi connectivity index (χ0v) is 11.5. The number of anilines is 1. The predicted octanol–water partition coefficient (Wildman–Crippen LogP) is 2.32. The van der Waals surface area contributed by atoms with Crippen molar-refractivity contribution >= 4 is 22.2 Å². The Kier molecular flexibility index (Phi) is 4.00. The molecule has 2 rings (SSSR count). The molecule has 0 radical (unpaired) electrons. The predicted molar refractivity (Wildman–Crippen MR) is 72.8 cm³/mol. The van der Waals surface area contributed by atoms with Gasteiger partial charge in [-0.05, 0) is 38.8 Å². The average Bonchev–Trinajstić information content (AvgIpc) is 2.65. The minimum Gasteiger partial charge on any atom is -0.315 e. The van der Waals surface area contributed by atoms with Crippen LogP contribution in [-0.4, -0.2) is 18.5 Å². The number of amides is 1. The van der Waals surface area contributed by atoms with Gasteiger partial charge in [-0.25, -0.2) is 0 Å². The van der Waals surface area contributed by atoms with Crippen LogP contribution in [0.15, 0.2) is 0 Å². The van der Waals surface area contributed by atoms with Crippen molar-refractivity contribution in [3.05, 3.63) is 16.0 Å². The number of nitrogens with one attached hydrogen (secondary N) is 2. The van der Waals surface area contributed by atoms with Gasteiger partial charge in [-0.15, -0.1) is 11.3 Å². The summed E-state index contributed by atoms with van der Waals surface area (Å²) in [5.74, 6) is -0.0209. The third kappa shape index (κ3) is 2.55. The smallest absolute Gasteiger partial charge is 0.242 e. The van der Waals surface area contributed by atoms with E-state index in [-0.39, 0.29) is 11.9 Å². The molecule has 1 aliphatic heterocycles. The number of nitrogens with zero attached hydrogens (tertiary/aromatic N) is 1. The summed E-state index contributed by atoms with van der Waals surface area (Å²) < 4.78 is 0. The van der Waals surface area contributed by atoms with E-state index in [0.717, 1.165) is 36.2 Å². The molecule has 1 aliphatic rings. The fraction of sp³-hybridized carbons (Fsp3) is 0.538. The molecule has 0 bridgehead atoms. The number of thiophene rings is 1. The lowest BCUT2D eigenvalue weighted by molar-refractivity contribution is -0.118. The number of carbonyl (C=O) groups is 1. The maximum absolute atomic E-state index is 12.1. The first kappa shape index (κ1) is 13.1. The van der Waals surface area contributed by atoms with Gasteiger partial charge in [0.2, 0.25) is 5.91 Å². The van der Waals surface area contributed by atoms with Crippen LogP contribution in [0.2, 0.25) is 0 Å². The maximum atomic E-state index is 12.1. The third-order valence-electron chi connectivity index (χ3n) is 3.36. The van der Waals surface area contributed by atoms with Crippen LogP contribution in [0.3, 0.4) is 0 Å². The molecule has 2 N–H and O–H groups in total. The Morgan fingerprint density at radius 3 is 2.89 bits per heavy atom. The molecule has 1 fully saturated rings. The molecule has 96 valence electrons. The molecule has 0 aromatic carbocycles. The van der Waals surface area contributed by atoms with Gasteiger partial charge >= 0.3 is 0 Å². The number of nitriles is 1. The van der Waals surface area contributed by atoms with Crippen molar-refractivity contribution < 1.29 is 4.79 Å². The van der Waals surface area contributed by atoms with Crippen LogP contribution < -0.4 is 10.6 Å². The number of aryl methyl sites for hydroxylation is 1. The lowest BCUT2D eigenvalue weighted by Crippen LogP contribution is -2.43. The first-order valence-electron chi connectivity index (χ1n) is 6.18. The van der Waals surface area contributed by atoms with Gasteiger partial charge in [0.15, 0.2) is 0 Å². The first-order chi connectivity index (χ1) is 8.63. The highest BCUT2D eigenvalue weighted by molar-refractivity contribution is 7.16. The average molecular weight is 263 g/mol. The monoisotopic (exact) mass is 263 g/mol. The van der Waals surface area contributed by atoms with E-state index in [1.807, 2.05) is 13.8 Å². The molecule has 1 atom stereocenters. The Labute approximate surface area is 111 Å². The van der Waals surface area contributed by atoms with Crippen molar-refractivity contribution in [2.45, 2.75) is 39.2 Å². The van der Waals surface area contributed by atoms with Crippen LogP contribution in [0.5, 0.6) is 0 Å². The van der Waals surface area contributed by atoms with E-state index < -0.39 is 0 Å². The fourth-order valence-corrected chi connectivity index (χ4v) is 3.14. The van der Waals surface area contributed by atoms with Gasteiger partial charge < -0.3 is 10.6 Å². The number of carbonyl (C=O) groups excluding carboxylic acids is 1. The zero-order chi connectivity index (χ0) is 13.1. The second kappa shape index (κ2) is 5.51. The SMILES string of the molecule is Cc1sc(NC(=O)[C@@H]2CCCCN2)c(C#N)c1C. The second-order valence-electron chi connectivity index (χ2n) is 4.59. The molecule has 1 aromatic rings. The molecule has 1 saturated heterocycles. The van der Waals surface area contributed by atoms with E-state index in [1.54, 1.807) is 0 Å². The second-order valence-corrected chi connectivity index (χ2v) is 5.82. The molecule has 5 heteroatoms. The van der Waals surface area contributed by atoms with Crippen LogP contribution in [0.1, 0.15) is 35.3 Å². The lowest BCUT2D eigenvalue weighted by atomic mass is 10.0. The Morgan fingerprint density at radius 2 is 2.28 bits per heavy atom. The molecule has 1 amide bonds. The Bertz CT molecular complexity index is 495. The summed E-state index contributed by atoms with van der Waals surface area (Å²) in [6.07, 6.45) is 3.08. The van der Waals surface area contributed by atoms with Gasteiger partial charge in [0.1, 0.15) is 11.1 Å². The third-order valence-corrected chi connectivity index (χ3v) is 4.48. The molecule has 0 aliphatic carbocycles. The summed E-state index contributed by atoms with van der Waals surface area (Å²) in [5, 5.41) is 15.9. The summed E-state index contributed by atoms with van der Waals surface area (Å²) in [7, 11) is 0. The van der Waals surface area contributed by atoms with E-state index in [4.69, 9.17) is 5.26 Å². The molecule has 0 spiro atoms. The van der Waals surface area contributed by atoms with E-state index in [2.05, 4.69) is 16.7 Å². The minimum atomic E-state index is -0.118. The zero-order valence-electron chi connectivity index (χ0n) is 10.7. The van der Waals surface area contributed by atoms with E-state index in [0.29, 0.717) is 10.6 Å². The molecule has 4 nitrogen and oxygen atoms in total. The highest BCUT2D eigenvalue weighted by Crippen LogP contribution is 2.31. The van der Waals surface area contributed by atoms with E-state index in [1.165, 1.54) is 11.3 Å². The number of rotatable bonds is 2. The van der Waals surface area contributed by atoms with Crippen LogP contribution >= 0.6 is 11.3 Å². The van der Waals surface area contributed by atoms with Crippen LogP contribution in [0, 0.1) is 25.2 Å². The van der Waals surface area contributed by atoms with Gasteiger partial charge in [0.25, 0.3) is 0 Å². The summed E-state index contributed by atoms with van der Waals surface area (Å²) in [5.41, 5.74) is 1.57. The Balaban J connectivity index is 2.11. The van der Waals surface area contributed by atoms with Crippen molar-refractivity contribution in [2.75, 3.05) is 11.9 Å². The highest BCUT2D eigenvalue weighted by atomic mass is 32.1. The topological polar surface area (TPSA) is 64.9 Å². The largest absolute Gasteiger partial charge is 0.315 e. The van der Waals surface area contributed by atoms with Crippen molar-refractivity contribution in [3.8, 4) is 6.07 Å². The Hall–Kier alpha value is -1.38. The fourth-order valence-electron chi connectivity index (χ4n) is 2.12. The van der Waals surface area contributed by atoms with Crippen molar-refractivity contribution in [1.29, 1.82) is 5.26 Å². The standard InChI is InChI=1S/C13H17N3OS/c1-8-9(2)18-13(10(8)7-14)16-12(17)11-5-3-4-6-15-11/h11,15H,3-6H2,1-2H3,(H,16,17)/t11-/m0/s1. The van der Waals surface area contributed by atoms with Gasteiger partial charge in [0, 0.05) is 4.88 Å². The highest BCUT2D eigenvalue weighted by Gasteiger charge is 2.22. The van der Waals surface area contributed by atoms with Gasteiger partial charge in [-0.1, -0.05) is 6.42 Å². The molecule has 2 heterocycles. The summed E-state index contributed by atoms with van der Waals surface area (Å²) in [6.45, 7) is 4.78. The minimum absolute atomic E-state index is 0.0209. The summed E-state index contributed by atoms with van der Waals surface area (Å²) in [4.78, 5) is 13.2. The van der Waals surface area contributed by atoms with Gasteiger partial charge in [-0.3, -0.25) is 4.79 Å². The molecule has 1 aromatic heterocycles. The van der Waals surface area contributed by atoms with E-state index in [9.17, 15) is 4.79 Å². The number of piperidine rings is 1. The molecule has 0 saturated carbocycles. The van der Waals surface area contributed by atoms with Crippen LogP contribution in [0.25, 0.3) is 0 Å². The lowest BCUT2D eigenvalue weighted by Gasteiger charge is -2.22. The molecular formula is C13H17N3OS. The van der Waals surface area contributed by atoms with E-state index >= 15 is 0 Å². The summed E-state index contributed by atoms with van der Waals surface area (Å²) in [6, 6.07) is 2.05. The van der Waals surface area contributed by atoms with Crippen molar-refractivity contribution in [2.24, 2.45) is 0 Å². The quantitative estimate of drug-likeness (QED) is 0.860. The van der Waals surface area contributed by atoms with Crippen molar-refractivity contribution in [1.82, 2.24) is 5.32 Å². The normalized spacial score (nSPS) is 19.3. The molecular weight excluding hydrogens is 246 g/mol. The number of hydrogen-bond donors (Lipinski definition) is 2. The van der Waals surface area contributed by atoms with Gasteiger partial charge in [-0.2, -0.15) is 5.26 Å².